The zero-order chi connectivity index (χ0) is 18.5. The normalized spacial score (nSPS) is 11.7. The van der Waals surface area contributed by atoms with Crippen LogP contribution in [0.1, 0.15) is 13.3 Å². The molecule has 0 fully saturated rings. The van der Waals surface area contributed by atoms with E-state index in [0.717, 1.165) is 49.2 Å². The van der Waals surface area contributed by atoms with Crippen LogP contribution in [0.5, 0.6) is 0 Å². The molecule has 0 spiro atoms. The fraction of sp³-hybridized carbons (Fsp3) is 0.556. The van der Waals surface area contributed by atoms with E-state index >= 15 is 0 Å². The Morgan fingerprint density at radius 2 is 2.04 bits per heavy atom. The Labute approximate surface area is 159 Å². The molecule has 8 heteroatoms. The lowest BCUT2D eigenvalue weighted by Gasteiger charge is -2.11. The molecule has 1 aromatic heterocycles. The maximum Gasteiger partial charge on any atom is 0.191 e. The van der Waals surface area contributed by atoms with E-state index in [2.05, 4.69) is 38.9 Å². The SMILES string of the molecule is CCNC(=NCCCOCCOC)NCCNc1nc2ccccc2s1. The number of guanidine groups is 1. The lowest BCUT2D eigenvalue weighted by atomic mass is 10.3. The highest BCUT2D eigenvalue weighted by Crippen LogP contribution is 2.24. The summed E-state index contributed by atoms with van der Waals surface area (Å²) in [4.78, 5) is 9.12. The van der Waals surface area contributed by atoms with E-state index in [-0.39, 0.29) is 0 Å². The van der Waals surface area contributed by atoms with Crippen molar-refractivity contribution < 1.29 is 9.47 Å². The minimum Gasteiger partial charge on any atom is -0.382 e. The molecule has 26 heavy (non-hydrogen) atoms. The molecule has 144 valence electrons. The second-order valence-electron chi connectivity index (χ2n) is 5.56. The summed E-state index contributed by atoms with van der Waals surface area (Å²) in [7, 11) is 1.67. The molecular formula is C18H29N5O2S. The summed E-state index contributed by atoms with van der Waals surface area (Å²) in [6, 6.07) is 8.17. The molecule has 1 aromatic carbocycles. The zero-order valence-electron chi connectivity index (χ0n) is 15.6. The molecule has 0 unspecified atom stereocenters. The van der Waals surface area contributed by atoms with Crippen LogP contribution in [0.25, 0.3) is 10.2 Å². The number of hydrogen-bond donors (Lipinski definition) is 3. The van der Waals surface area contributed by atoms with E-state index < -0.39 is 0 Å². The maximum atomic E-state index is 5.44. The molecule has 0 amide bonds. The highest BCUT2D eigenvalue weighted by molar-refractivity contribution is 7.22. The van der Waals surface area contributed by atoms with E-state index in [1.165, 1.54) is 4.70 Å². The molecule has 0 atom stereocenters. The summed E-state index contributed by atoms with van der Waals surface area (Å²) in [6.07, 6.45) is 0.893. The molecule has 0 radical (unpaired) electrons. The number of aromatic nitrogens is 1. The standard InChI is InChI=1S/C18H29N5O2S/c1-3-19-17(20-9-6-12-25-14-13-24-2)21-10-11-22-18-23-15-7-4-5-8-16(15)26-18/h4-5,7-8H,3,6,9-14H2,1-2H3,(H,22,23)(H2,19,20,21). The number of nitrogens with zero attached hydrogens (tertiary/aromatic N) is 2. The third kappa shape index (κ3) is 7.55. The van der Waals surface area contributed by atoms with E-state index in [0.29, 0.717) is 19.8 Å². The van der Waals surface area contributed by atoms with Crippen LogP contribution in [0.2, 0.25) is 0 Å². The van der Waals surface area contributed by atoms with Crippen LogP contribution < -0.4 is 16.0 Å². The first kappa shape index (κ1) is 20.4. The number of nitrogens with one attached hydrogen (secondary N) is 3. The van der Waals surface area contributed by atoms with Gasteiger partial charge in [0.2, 0.25) is 0 Å². The van der Waals surface area contributed by atoms with E-state index in [4.69, 9.17) is 9.47 Å². The molecule has 3 N–H and O–H groups in total. The van der Waals surface area contributed by atoms with Crippen LogP contribution in [0.15, 0.2) is 29.3 Å². The fourth-order valence-electron chi connectivity index (χ4n) is 2.24. The molecule has 0 aliphatic heterocycles. The van der Waals surface area contributed by atoms with Gasteiger partial charge in [-0.25, -0.2) is 4.98 Å². The van der Waals surface area contributed by atoms with Crippen molar-refractivity contribution in [3.63, 3.8) is 0 Å². The van der Waals surface area contributed by atoms with Crippen LogP contribution in [0.3, 0.4) is 0 Å². The first-order valence-electron chi connectivity index (χ1n) is 9.01. The van der Waals surface area contributed by atoms with Gasteiger partial charge in [-0.05, 0) is 25.5 Å². The quantitative estimate of drug-likeness (QED) is 0.298. The summed E-state index contributed by atoms with van der Waals surface area (Å²) < 4.78 is 11.6. The van der Waals surface area contributed by atoms with Gasteiger partial charge in [0.05, 0.1) is 23.4 Å². The van der Waals surface area contributed by atoms with Gasteiger partial charge in [-0.2, -0.15) is 0 Å². The molecule has 0 aliphatic rings. The molecule has 0 saturated heterocycles. The smallest absolute Gasteiger partial charge is 0.191 e. The number of benzene rings is 1. The maximum absolute atomic E-state index is 5.44. The predicted molar refractivity (Wildman–Crippen MR) is 109 cm³/mol. The Bertz CT molecular complexity index is 629. The second kappa shape index (κ2) is 12.5. The number of para-hydroxylation sites is 1. The molecule has 7 nitrogen and oxygen atoms in total. The molecule has 1 heterocycles. The summed E-state index contributed by atoms with van der Waals surface area (Å²) in [6.45, 7) is 7.15. The topological polar surface area (TPSA) is 79.8 Å². The summed E-state index contributed by atoms with van der Waals surface area (Å²) in [5.74, 6) is 0.829. The van der Waals surface area contributed by atoms with Gasteiger partial charge in [0.1, 0.15) is 0 Å². The van der Waals surface area contributed by atoms with E-state index in [1.807, 2.05) is 18.2 Å². The van der Waals surface area contributed by atoms with Crippen molar-refractivity contribution in [3.8, 4) is 0 Å². The summed E-state index contributed by atoms with van der Waals surface area (Å²) in [5, 5.41) is 10.9. The highest BCUT2D eigenvalue weighted by Gasteiger charge is 2.02. The minimum absolute atomic E-state index is 0.634. The summed E-state index contributed by atoms with van der Waals surface area (Å²) >= 11 is 1.67. The van der Waals surface area contributed by atoms with Crippen molar-refractivity contribution in [3.05, 3.63) is 24.3 Å². The number of ether oxygens (including phenoxy) is 2. The van der Waals surface area contributed by atoms with Gasteiger partial charge in [0, 0.05) is 39.9 Å². The van der Waals surface area contributed by atoms with Crippen molar-refractivity contribution in [2.45, 2.75) is 13.3 Å². The lowest BCUT2D eigenvalue weighted by Crippen LogP contribution is -2.39. The number of methoxy groups -OCH3 is 1. The van der Waals surface area contributed by atoms with Crippen molar-refractivity contribution in [2.24, 2.45) is 4.99 Å². The Balaban J connectivity index is 1.64. The van der Waals surface area contributed by atoms with Gasteiger partial charge in [0.15, 0.2) is 11.1 Å². The lowest BCUT2D eigenvalue weighted by molar-refractivity contribution is 0.0702. The van der Waals surface area contributed by atoms with Crippen LogP contribution in [-0.4, -0.2) is 64.1 Å². The number of hydrogen-bond acceptors (Lipinski definition) is 6. The average Bonchev–Trinajstić information content (AvgIpc) is 3.07. The first-order chi connectivity index (χ1) is 12.8. The van der Waals surface area contributed by atoms with Gasteiger partial charge in [-0.3, -0.25) is 4.99 Å². The monoisotopic (exact) mass is 379 g/mol. The Kier molecular flexibility index (Phi) is 9.78. The first-order valence-corrected chi connectivity index (χ1v) is 9.83. The summed E-state index contributed by atoms with van der Waals surface area (Å²) in [5.41, 5.74) is 1.04. The van der Waals surface area contributed by atoms with Crippen LogP contribution in [0, 0.1) is 0 Å². The molecule has 0 saturated carbocycles. The molecule has 0 bridgehead atoms. The Hall–Kier alpha value is -1.90. The second-order valence-corrected chi connectivity index (χ2v) is 6.59. The van der Waals surface area contributed by atoms with E-state index in [1.54, 1.807) is 18.4 Å². The Morgan fingerprint density at radius 3 is 2.85 bits per heavy atom. The number of thiazole rings is 1. The third-order valence-electron chi connectivity index (χ3n) is 3.48. The number of rotatable bonds is 12. The van der Waals surface area contributed by atoms with Gasteiger partial charge in [-0.1, -0.05) is 23.5 Å². The number of fused-ring (bicyclic) bond motifs is 1. The minimum atomic E-state index is 0.634. The molecular weight excluding hydrogens is 350 g/mol. The zero-order valence-corrected chi connectivity index (χ0v) is 16.4. The van der Waals surface area contributed by atoms with Gasteiger partial charge in [0.25, 0.3) is 0 Å². The van der Waals surface area contributed by atoms with Gasteiger partial charge in [-0.15, -0.1) is 0 Å². The fourth-order valence-corrected chi connectivity index (χ4v) is 3.13. The molecule has 2 aromatic rings. The Morgan fingerprint density at radius 1 is 1.15 bits per heavy atom. The van der Waals surface area contributed by atoms with Crippen molar-refractivity contribution in [1.29, 1.82) is 0 Å². The predicted octanol–water partition coefficient (Wildman–Crippen LogP) is 2.32. The van der Waals surface area contributed by atoms with Gasteiger partial charge < -0.3 is 25.4 Å². The van der Waals surface area contributed by atoms with Crippen LogP contribution in [0.4, 0.5) is 5.13 Å². The highest BCUT2D eigenvalue weighted by atomic mass is 32.1. The van der Waals surface area contributed by atoms with E-state index in [9.17, 15) is 0 Å². The van der Waals surface area contributed by atoms with Crippen molar-refractivity contribution in [2.75, 3.05) is 58.4 Å². The van der Waals surface area contributed by atoms with Crippen LogP contribution >= 0.6 is 11.3 Å². The van der Waals surface area contributed by atoms with Crippen molar-refractivity contribution >= 4 is 32.6 Å². The van der Waals surface area contributed by atoms with Gasteiger partial charge >= 0.3 is 0 Å². The van der Waals surface area contributed by atoms with Crippen LogP contribution in [-0.2, 0) is 9.47 Å². The van der Waals surface area contributed by atoms with Crippen molar-refractivity contribution in [1.82, 2.24) is 15.6 Å². The molecule has 0 aliphatic carbocycles. The molecule has 2 rings (SSSR count). The average molecular weight is 380 g/mol. The third-order valence-corrected chi connectivity index (χ3v) is 4.47. The number of aliphatic imine (C=N–C) groups is 1. The largest absolute Gasteiger partial charge is 0.382 e. The number of anilines is 1.